The minimum Gasteiger partial charge on any atom is -0.468 e. The Morgan fingerprint density at radius 3 is 2.26 bits per heavy atom. The van der Waals surface area contributed by atoms with Crippen LogP contribution in [0.15, 0.2) is 0 Å². The summed E-state index contributed by atoms with van der Waals surface area (Å²) >= 11 is 0. The van der Waals surface area contributed by atoms with Gasteiger partial charge in [-0.25, -0.2) is 0 Å². The Bertz CT molecular complexity index is 231. The van der Waals surface area contributed by atoms with E-state index < -0.39 is 0 Å². The molecule has 114 valence electrons. The molecule has 0 aliphatic rings. The molecule has 0 saturated carbocycles. The second kappa shape index (κ2) is 11.3. The van der Waals surface area contributed by atoms with Gasteiger partial charge < -0.3 is 10.1 Å². The zero-order valence-corrected chi connectivity index (χ0v) is 13.4. The highest BCUT2D eigenvalue weighted by molar-refractivity contribution is 5.71. The molecule has 1 N–H and O–H groups in total. The summed E-state index contributed by atoms with van der Waals surface area (Å²) in [6.07, 6.45) is 10.2. The third kappa shape index (κ3) is 9.94. The van der Waals surface area contributed by atoms with Gasteiger partial charge in [0.1, 0.15) is 0 Å². The Hall–Kier alpha value is -0.570. The van der Waals surface area contributed by atoms with Crippen LogP contribution in [0.1, 0.15) is 72.1 Å². The highest BCUT2D eigenvalue weighted by atomic mass is 16.5. The molecule has 3 nitrogen and oxygen atoms in total. The van der Waals surface area contributed by atoms with E-state index in [-0.39, 0.29) is 5.97 Å². The summed E-state index contributed by atoms with van der Waals surface area (Å²) in [5.41, 5.74) is 0.317. The number of nitrogens with one attached hydrogen (secondary N) is 1. The first-order valence-corrected chi connectivity index (χ1v) is 7.85. The maximum atomic E-state index is 11.1. The monoisotopic (exact) mass is 271 g/mol. The molecule has 1 atom stereocenters. The van der Waals surface area contributed by atoms with Gasteiger partial charge in [0.15, 0.2) is 0 Å². The summed E-state index contributed by atoms with van der Waals surface area (Å²) in [5, 5.41) is 3.25. The average molecular weight is 271 g/mol. The van der Waals surface area contributed by atoms with Crippen LogP contribution in [-0.4, -0.2) is 26.2 Å². The Morgan fingerprint density at radius 1 is 1.05 bits per heavy atom. The molecule has 0 bridgehead atoms. The molecule has 0 aromatic carbocycles. The normalized spacial score (nSPS) is 14.1. The van der Waals surface area contributed by atoms with Crippen LogP contribution in [-0.2, 0) is 9.53 Å². The van der Waals surface area contributed by atoms with Crippen molar-refractivity contribution in [1.82, 2.24) is 5.32 Å². The summed E-state index contributed by atoms with van der Waals surface area (Å²) in [4.78, 5) is 11.1. The lowest BCUT2D eigenvalue weighted by atomic mass is 9.80. The van der Waals surface area contributed by atoms with E-state index in [1.165, 1.54) is 58.5 Å². The summed E-state index contributed by atoms with van der Waals surface area (Å²) in [6, 6.07) is 0. The number of esters is 1. The van der Waals surface area contributed by atoms with Crippen LogP contribution in [0.25, 0.3) is 0 Å². The van der Waals surface area contributed by atoms with E-state index in [4.69, 9.17) is 0 Å². The molecule has 0 heterocycles. The van der Waals surface area contributed by atoms with Crippen molar-refractivity contribution in [3.63, 3.8) is 0 Å². The number of ether oxygens (including phenoxy) is 1. The zero-order valence-electron chi connectivity index (χ0n) is 13.4. The van der Waals surface area contributed by atoms with Crippen LogP contribution in [0.3, 0.4) is 0 Å². The Balaban J connectivity index is 4.05. The Labute approximate surface area is 119 Å². The van der Waals surface area contributed by atoms with Crippen molar-refractivity contribution in [1.29, 1.82) is 0 Å². The highest BCUT2D eigenvalue weighted by Gasteiger charge is 2.23. The molecule has 19 heavy (non-hydrogen) atoms. The van der Waals surface area contributed by atoms with Crippen LogP contribution in [0, 0.1) is 5.41 Å². The third-order valence-corrected chi connectivity index (χ3v) is 3.82. The zero-order chi connectivity index (χ0) is 14.6. The molecule has 0 spiro atoms. The number of carbonyl (C=O) groups is 1. The SMILES string of the molecule is CCCCCCC(C)(CCCC)CNCC(=O)OC. The molecule has 0 aliphatic heterocycles. The maximum absolute atomic E-state index is 11.1. The fourth-order valence-electron chi connectivity index (χ4n) is 2.42. The smallest absolute Gasteiger partial charge is 0.319 e. The summed E-state index contributed by atoms with van der Waals surface area (Å²) in [5.74, 6) is -0.177. The lowest BCUT2D eigenvalue weighted by Gasteiger charge is -2.30. The summed E-state index contributed by atoms with van der Waals surface area (Å²) in [6.45, 7) is 8.06. The van der Waals surface area contributed by atoms with Crippen molar-refractivity contribution < 1.29 is 9.53 Å². The van der Waals surface area contributed by atoms with Crippen LogP contribution in [0.4, 0.5) is 0 Å². The van der Waals surface area contributed by atoms with Crippen molar-refractivity contribution in [3.05, 3.63) is 0 Å². The first-order chi connectivity index (χ1) is 9.08. The lowest BCUT2D eigenvalue weighted by molar-refractivity contribution is -0.139. The fraction of sp³-hybridized carbons (Fsp3) is 0.938. The van der Waals surface area contributed by atoms with Crippen molar-refractivity contribution >= 4 is 5.97 Å². The van der Waals surface area contributed by atoms with Gasteiger partial charge in [-0.2, -0.15) is 0 Å². The second-order valence-electron chi connectivity index (χ2n) is 5.90. The van der Waals surface area contributed by atoms with Crippen molar-refractivity contribution in [3.8, 4) is 0 Å². The molecule has 0 saturated heterocycles. The van der Waals surface area contributed by atoms with E-state index in [0.717, 1.165) is 6.54 Å². The predicted octanol–water partition coefficient (Wildman–Crippen LogP) is 3.92. The summed E-state index contributed by atoms with van der Waals surface area (Å²) in [7, 11) is 1.44. The van der Waals surface area contributed by atoms with Crippen LogP contribution < -0.4 is 5.32 Å². The van der Waals surface area contributed by atoms with Gasteiger partial charge >= 0.3 is 5.97 Å². The van der Waals surface area contributed by atoms with E-state index in [1.54, 1.807) is 0 Å². The number of hydrogen-bond donors (Lipinski definition) is 1. The van der Waals surface area contributed by atoms with Crippen LogP contribution >= 0.6 is 0 Å². The quantitative estimate of drug-likeness (QED) is 0.432. The molecule has 3 heteroatoms. The van der Waals surface area contributed by atoms with Crippen molar-refractivity contribution in [2.24, 2.45) is 5.41 Å². The molecule has 0 rings (SSSR count). The Morgan fingerprint density at radius 2 is 1.68 bits per heavy atom. The van der Waals surface area contributed by atoms with E-state index in [1.807, 2.05) is 0 Å². The first-order valence-electron chi connectivity index (χ1n) is 7.85. The molecular formula is C16H33NO2. The molecule has 0 aliphatic carbocycles. The lowest BCUT2D eigenvalue weighted by Crippen LogP contribution is -2.35. The number of unbranched alkanes of at least 4 members (excludes halogenated alkanes) is 4. The minimum absolute atomic E-state index is 0.177. The van der Waals surface area contributed by atoms with Gasteiger partial charge in [-0.05, 0) is 18.3 Å². The van der Waals surface area contributed by atoms with Gasteiger partial charge in [0.25, 0.3) is 0 Å². The van der Waals surface area contributed by atoms with E-state index in [2.05, 4.69) is 30.8 Å². The van der Waals surface area contributed by atoms with Crippen LogP contribution in [0.5, 0.6) is 0 Å². The van der Waals surface area contributed by atoms with Gasteiger partial charge in [0.05, 0.1) is 13.7 Å². The molecule has 1 unspecified atom stereocenters. The third-order valence-electron chi connectivity index (χ3n) is 3.82. The number of rotatable bonds is 12. The van der Waals surface area contributed by atoms with Gasteiger partial charge in [-0.3, -0.25) is 4.79 Å². The molecule has 0 aromatic heterocycles. The second-order valence-corrected chi connectivity index (χ2v) is 5.90. The van der Waals surface area contributed by atoms with E-state index >= 15 is 0 Å². The molecule has 0 amide bonds. The van der Waals surface area contributed by atoms with E-state index in [0.29, 0.717) is 12.0 Å². The topological polar surface area (TPSA) is 38.3 Å². The Kier molecular flexibility index (Phi) is 10.9. The fourth-order valence-corrected chi connectivity index (χ4v) is 2.42. The van der Waals surface area contributed by atoms with E-state index in [9.17, 15) is 4.79 Å². The molecule has 0 radical (unpaired) electrons. The standard InChI is InChI=1S/C16H33NO2/c1-5-7-9-10-12-16(3,11-8-6-2)14-17-13-15(18)19-4/h17H,5-14H2,1-4H3. The average Bonchev–Trinajstić information content (AvgIpc) is 2.41. The summed E-state index contributed by atoms with van der Waals surface area (Å²) < 4.78 is 4.66. The van der Waals surface area contributed by atoms with Crippen molar-refractivity contribution in [2.75, 3.05) is 20.2 Å². The largest absolute Gasteiger partial charge is 0.468 e. The maximum Gasteiger partial charge on any atom is 0.319 e. The van der Waals surface area contributed by atoms with Gasteiger partial charge in [-0.1, -0.05) is 59.3 Å². The van der Waals surface area contributed by atoms with Gasteiger partial charge in [-0.15, -0.1) is 0 Å². The van der Waals surface area contributed by atoms with Gasteiger partial charge in [0, 0.05) is 6.54 Å². The first kappa shape index (κ1) is 18.4. The number of hydrogen-bond acceptors (Lipinski definition) is 3. The minimum atomic E-state index is -0.177. The van der Waals surface area contributed by atoms with Crippen LogP contribution in [0.2, 0.25) is 0 Å². The highest BCUT2D eigenvalue weighted by Crippen LogP contribution is 2.30. The molecule has 0 fully saturated rings. The van der Waals surface area contributed by atoms with Gasteiger partial charge in [0.2, 0.25) is 0 Å². The number of methoxy groups -OCH3 is 1. The molecule has 0 aromatic rings. The van der Waals surface area contributed by atoms with Crippen molar-refractivity contribution in [2.45, 2.75) is 72.1 Å². The number of carbonyl (C=O) groups excluding carboxylic acids is 1. The molecular weight excluding hydrogens is 238 g/mol. The predicted molar refractivity (Wildman–Crippen MR) is 81.3 cm³/mol.